The number of unbranched alkanes of at least 4 members (excludes halogenated alkanes) is 1. The second-order valence-electron chi connectivity index (χ2n) is 12.9. The number of nitrogens with zero attached hydrogens (tertiary/aromatic N) is 1. The molecule has 1 unspecified atom stereocenters. The topological polar surface area (TPSA) is 172 Å². The van der Waals surface area contributed by atoms with Crippen LogP contribution in [-0.2, 0) is 41.5 Å². The van der Waals surface area contributed by atoms with E-state index in [4.69, 9.17) is 9.47 Å². The summed E-state index contributed by atoms with van der Waals surface area (Å²) in [6.07, 6.45) is 5.73. The van der Waals surface area contributed by atoms with Crippen LogP contribution < -0.4 is 34.1 Å². The number of fused-ring (bicyclic) bond motifs is 2. The molecule has 1 aliphatic rings. The van der Waals surface area contributed by atoms with Crippen molar-refractivity contribution < 1.29 is 51.6 Å². The first-order chi connectivity index (χ1) is 22.3. The Labute approximate surface area is 286 Å². The van der Waals surface area contributed by atoms with Crippen molar-refractivity contribution in [3.8, 4) is 0 Å². The Bertz CT molecular complexity index is 1690. The molecule has 1 aromatic heterocycles. The number of quaternary nitrogens is 1. The first-order valence-electron chi connectivity index (χ1n) is 16.0. The molecule has 1 aliphatic heterocycles. The molecule has 0 saturated carbocycles. The zero-order chi connectivity index (χ0) is 34.3. The number of esters is 1. The maximum atomic E-state index is 13.7. The van der Waals surface area contributed by atoms with Crippen molar-refractivity contribution in [3.63, 3.8) is 0 Å². The summed E-state index contributed by atoms with van der Waals surface area (Å²) in [7, 11) is 1.25. The van der Waals surface area contributed by atoms with Gasteiger partial charge in [-0.1, -0.05) is 24.3 Å². The zero-order valence-electron chi connectivity index (χ0n) is 28.2. The smallest absolute Gasteiger partial charge is 0.419 e. The Morgan fingerprint density at radius 2 is 1.60 bits per heavy atom. The summed E-state index contributed by atoms with van der Waals surface area (Å²) in [5, 5.41) is 9.90. The van der Waals surface area contributed by atoms with Gasteiger partial charge in [-0.25, -0.2) is 14.2 Å². The van der Waals surface area contributed by atoms with Crippen molar-refractivity contribution in [1.82, 2.24) is 20.5 Å². The number of ether oxygens (including phenoxy) is 2. The highest BCUT2D eigenvalue weighted by molar-refractivity contribution is 6.13. The van der Waals surface area contributed by atoms with Crippen LogP contribution in [-0.4, -0.2) is 71.7 Å². The van der Waals surface area contributed by atoms with E-state index in [0.717, 1.165) is 28.3 Å². The number of rotatable bonds is 6. The van der Waals surface area contributed by atoms with Crippen LogP contribution in [0.2, 0.25) is 0 Å². The summed E-state index contributed by atoms with van der Waals surface area (Å²) >= 11 is 0. The van der Waals surface area contributed by atoms with E-state index in [1.165, 1.54) is 14.0 Å². The molecule has 3 amide bonds. The summed E-state index contributed by atoms with van der Waals surface area (Å²) in [6, 6.07) is 8.44. The van der Waals surface area contributed by atoms with E-state index < -0.39 is 53.5 Å². The van der Waals surface area contributed by atoms with Gasteiger partial charge in [0.2, 0.25) is 17.7 Å². The van der Waals surface area contributed by atoms with E-state index in [-0.39, 0.29) is 25.2 Å². The largest absolute Gasteiger partial charge is 1.00 e. The molecule has 4 bridgehead atoms. The summed E-state index contributed by atoms with van der Waals surface area (Å²) in [6.45, 7) is 7.42. The second-order valence-corrected chi connectivity index (χ2v) is 12.9. The van der Waals surface area contributed by atoms with Crippen molar-refractivity contribution in [3.05, 3.63) is 59.7 Å². The van der Waals surface area contributed by atoms with E-state index in [0.29, 0.717) is 36.8 Å². The number of hydrogen-bond donors (Lipinski definition) is 4. The van der Waals surface area contributed by atoms with E-state index in [1.807, 2.05) is 63.2 Å². The maximum absolute atomic E-state index is 13.7. The van der Waals surface area contributed by atoms with Crippen LogP contribution >= 0.6 is 0 Å². The number of halogens is 1. The van der Waals surface area contributed by atoms with Crippen molar-refractivity contribution in [2.75, 3.05) is 13.7 Å². The van der Waals surface area contributed by atoms with Gasteiger partial charge in [0.25, 0.3) is 0 Å². The molecule has 6 N–H and O–H groups in total. The third-order valence-corrected chi connectivity index (χ3v) is 7.92. The molecule has 2 aromatic carbocycles. The number of hydrogen-bond acceptors (Lipinski definition) is 7. The fourth-order valence-electron chi connectivity index (χ4n) is 5.71. The highest BCUT2D eigenvalue weighted by Crippen LogP contribution is 2.32. The third kappa shape index (κ3) is 9.57. The molecule has 4 rings (SSSR count). The van der Waals surface area contributed by atoms with Gasteiger partial charge < -0.3 is 43.6 Å². The Hall–Kier alpha value is -4.42. The number of methoxy groups -OCH3 is 1. The van der Waals surface area contributed by atoms with Crippen molar-refractivity contribution in [2.45, 2.75) is 89.9 Å². The van der Waals surface area contributed by atoms with Gasteiger partial charge in [0, 0.05) is 24.1 Å². The van der Waals surface area contributed by atoms with Crippen LogP contribution in [0.4, 0.5) is 4.79 Å². The van der Waals surface area contributed by atoms with E-state index >= 15 is 0 Å². The monoisotopic (exact) mass is 683 g/mol. The molecular weight excluding hydrogens is 638 g/mol. The number of aromatic nitrogens is 1. The number of carbonyl (C=O) groups is 5. The van der Waals surface area contributed by atoms with Gasteiger partial charge in [0.1, 0.15) is 23.7 Å². The maximum Gasteiger partial charge on any atom is 0.419 e. The molecule has 0 fully saturated rings. The fourth-order valence-corrected chi connectivity index (χ4v) is 5.71. The molecule has 3 aromatic rings. The molecule has 13 heteroatoms. The number of carbonyl (C=O) groups excluding carboxylic acids is 5. The molecule has 0 saturated heterocycles. The lowest BCUT2D eigenvalue weighted by molar-refractivity contribution is -0.368. The second kappa shape index (κ2) is 16.6. The standard InChI is InChI=1S/C35H45N5O7.ClH/c1-21(41)37-28-20-23-14-16-30-25(19-23)24-18-22(13-15-29(24)40(30)34(45)47-35(2,3)4)10-6-7-12-27(33(44)46-5)39-31(42)26(38-32(28)43)11-8-9-17-36;/h6-7,13-16,18-19,26-28H,8-12,17,20,36H2,1-5H3,(H,37,41)(H,38,43)(H,39,42);1H/b7-6+;/t26-,27-,28?;/m0./s1. The lowest BCUT2D eigenvalue weighted by Gasteiger charge is -2.24. The average molecular weight is 684 g/mol. The molecule has 260 valence electrons. The van der Waals surface area contributed by atoms with E-state index in [2.05, 4.69) is 21.7 Å². The molecule has 48 heavy (non-hydrogen) atoms. The van der Waals surface area contributed by atoms with Crippen LogP contribution in [0.25, 0.3) is 21.8 Å². The Morgan fingerprint density at radius 3 is 2.21 bits per heavy atom. The molecule has 2 heterocycles. The van der Waals surface area contributed by atoms with Crippen LogP contribution in [0.3, 0.4) is 0 Å². The lowest BCUT2D eigenvalue weighted by Crippen LogP contribution is -3.00. The first-order valence-corrected chi connectivity index (χ1v) is 16.0. The van der Waals surface area contributed by atoms with Gasteiger partial charge in [-0.05, 0) is 88.3 Å². The molecule has 0 aliphatic carbocycles. The van der Waals surface area contributed by atoms with E-state index in [1.54, 1.807) is 10.6 Å². The van der Waals surface area contributed by atoms with Crippen molar-refractivity contribution >= 4 is 51.6 Å². The Morgan fingerprint density at radius 1 is 0.958 bits per heavy atom. The number of benzene rings is 2. The minimum atomic E-state index is -0.999. The Balaban J connectivity index is 0.00000625. The molecular formula is C35H46ClN5O7. The van der Waals surface area contributed by atoms with Gasteiger partial charge in [-0.2, -0.15) is 0 Å². The van der Waals surface area contributed by atoms with Crippen LogP contribution in [0, 0.1) is 0 Å². The zero-order valence-corrected chi connectivity index (χ0v) is 28.9. The minimum absolute atomic E-state index is 0. The third-order valence-electron chi connectivity index (χ3n) is 7.92. The summed E-state index contributed by atoms with van der Waals surface area (Å²) < 4.78 is 12.3. The lowest BCUT2D eigenvalue weighted by atomic mass is 10.00. The van der Waals surface area contributed by atoms with Gasteiger partial charge in [-0.15, -0.1) is 0 Å². The number of amides is 3. The predicted octanol–water partition coefficient (Wildman–Crippen LogP) is -0.314. The molecule has 0 radical (unpaired) electrons. The Kier molecular flexibility index (Phi) is 13.2. The molecule has 0 spiro atoms. The predicted molar refractivity (Wildman–Crippen MR) is 177 cm³/mol. The number of allylic oxidation sites excluding steroid dienone is 1. The van der Waals surface area contributed by atoms with Crippen molar-refractivity contribution in [1.29, 1.82) is 0 Å². The highest BCUT2D eigenvalue weighted by Gasteiger charge is 2.30. The van der Waals surface area contributed by atoms with Gasteiger partial charge in [-0.3, -0.25) is 14.4 Å². The van der Waals surface area contributed by atoms with Gasteiger partial charge >= 0.3 is 12.1 Å². The van der Waals surface area contributed by atoms with Crippen LogP contribution in [0.15, 0.2) is 48.6 Å². The minimum Gasteiger partial charge on any atom is -1.00 e. The quantitative estimate of drug-likeness (QED) is 0.157. The summed E-state index contributed by atoms with van der Waals surface area (Å²) in [5.41, 5.74) is 6.16. The van der Waals surface area contributed by atoms with E-state index in [9.17, 15) is 24.0 Å². The fraction of sp³-hybridized carbons (Fsp3) is 0.457. The van der Waals surface area contributed by atoms with Crippen LogP contribution in [0.1, 0.15) is 64.5 Å². The molecule has 12 nitrogen and oxygen atoms in total. The summed E-state index contributed by atoms with van der Waals surface area (Å²) in [4.78, 5) is 65.5. The normalized spacial score (nSPS) is 19.6. The van der Waals surface area contributed by atoms with Gasteiger partial charge in [0.05, 0.1) is 24.7 Å². The number of nitrogens with one attached hydrogen (secondary N) is 3. The highest BCUT2D eigenvalue weighted by atomic mass is 35.5. The average Bonchev–Trinajstić information content (AvgIpc) is 3.33. The van der Waals surface area contributed by atoms with Crippen molar-refractivity contribution in [2.24, 2.45) is 0 Å². The van der Waals surface area contributed by atoms with Gasteiger partial charge in [0.15, 0.2) is 0 Å². The first kappa shape index (κ1) is 38.0. The SMILES string of the molecule is COC(=O)[C@@H]1C/C=C/Cc2ccc3c(c2)c2cc(ccc2n3C(=O)OC(C)(C)C)CC(NC(C)=O)C(=O)N[C@@H](CCCC[NH3+])C(=O)N1.[Cl-]. The summed E-state index contributed by atoms with van der Waals surface area (Å²) in [5.74, 6) is -2.07. The van der Waals surface area contributed by atoms with Crippen LogP contribution in [0.5, 0.6) is 0 Å². The molecule has 3 atom stereocenters.